The zero-order valence-electron chi connectivity index (χ0n) is 13.3. The lowest BCUT2D eigenvalue weighted by Crippen LogP contribution is -2.36. The highest BCUT2D eigenvalue weighted by Crippen LogP contribution is 2.11. The molecular weight excluding hydrogens is 266 g/mol. The topological polar surface area (TPSA) is 58.6 Å². The van der Waals surface area contributed by atoms with Crippen molar-refractivity contribution < 1.29 is 14.6 Å². The lowest BCUT2D eigenvalue weighted by molar-refractivity contribution is 0.0511. The smallest absolute Gasteiger partial charge is 0.407 e. The van der Waals surface area contributed by atoms with Crippen LogP contribution < -0.4 is 5.32 Å². The molecule has 0 spiro atoms. The molecule has 0 heterocycles. The Bertz CT molecular complexity index is 412. The van der Waals surface area contributed by atoms with Crippen LogP contribution >= 0.6 is 0 Å². The molecule has 1 rings (SSSR count). The van der Waals surface area contributed by atoms with Crippen molar-refractivity contribution in [1.29, 1.82) is 0 Å². The van der Waals surface area contributed by atoms with Crippen molar-refractivity contribution in [2.75, 3.05) is 13.2 Å². The van der Waals surface area contributed by atoms with Crippen LogP contribution in [0, 0.1) is 5.92 Å². The van der Waals surface area contributed by atoms with Gasteiger partial charge in [-0.3, -0.25) is 0 Å². The van der Waals surface area contributed by atoms with Gasteiger partial charge in [-0.15, -0.1) is 0 Å². The predicted octanol–water partition coefficient (Wildman–Crippen LogP) is 3.14. The van der Waals surface area contributed by atoms with Crippen LogP contribution in [0.25, 0.3) is 0 Å². The molecule has 0 aromatic heterocycles. The highest BCUT2D eigenvalue weighted by atomic mass is 16.6. The van der Waals surface area contributed by atoms with Crippen molar-refractivity contribution >= 4 is 6.09 Å². The van der Waals surface area contributed by atoms with E-state index in [9.17, 15) is 9.90 Å². The fraction of sp³-hybridized carbons (Fsp3) is 0.588. The molecule has 21 heavy (non-hydrogen) atoms. The minimum Gasteiger partial charge on any atom is -0.444 e. The summed E-state index contributed by atoms with van der Waals surface area (Å²) in [5.74, 6) is 0.0706. The van der Waals surface area contributed by atoms with E-state index in [1.54, 1.807) is 0 Å². The predicted molar refractivity (Wildman–Crippen MR) is 84.2 cm³/mol. The molecule has 2 N–H and O–H groups in total. The van der Waals surface area contributed by atoms with E-state index >= 15 is 0 Å². The average molecular weight is 293 g/mol. The fourth-order valence-electron chi connectivity index (χ4n) is 2.04. The maximum absolute atomic E-state index is 11.6. The van der Waals surface area contributed by atoms with Gasteiger partial charge in [-0.2, -0.15) is 0 Å². The Hall–Kier alpha value is -1.55. The Kier molecular flexibility index (Phi) is 7.23. The van der Waals surface area contributed by atoms with Crippen LogP contribution in [0.1, 0.15) is 39.2 Å². The van der Waals surface area contributed by atoms with E-state index in [0.717, 1.165) is 19.3 Å². The van der Waals surface area contributed by atoms with E-state index in [1.165, 1.54) is 5.56 Å². The van der Waals surface area contributed by atoms with Crippen molar-refractivity contribution in [3.63, 3.8) is 0 Å². The molecule has 0 bridgehead atoms. The SMILES string of the molecule is CC(C)(C)OC(=O)NCC(CO)CCCc1ccccc1. The van der Waals surface area contributed by atoms with E-state index in [-0.39, 0.29) is 12.5 Å². The second-order valence-corrected chi connectivity index (χ2v) is 6.31. The third kappa shape index (κ3) is 8.35. The van der Waals surface area contributed by atoms with Crippen molar-refractivity contribution in [3.05, 3.63) is 35.9 Å². The van der Waals surface area contributed by atoms with Gasteiger partial charge < -0.3 is 15.2 Å². The quantitative estimate of drug-likeness (QED) is 0.812. The third-order valence-electron chi connectivity index (χ3n) is 3.11. The van der Waals surface area contributed by atoms with E-state index in [1.807, 2.05) is 39.0 Å². The summed E-state index contributed by atoms with van der Waals surface area (Å²) in [5, 5.41) is 12.1. The van der Waals surface area contributed by atoms with Gasteiger partial charge in [0.2, 0.25) is 0 Å². The number of hydrogen-bond donors (Lipinski definition) is 2. The molecule has 0 aliphatic heterocycles. The second-order valence-electron chi connectivity index (χ2n) is 6.31. The first-order valence-corrected chi connectivity index (χ1v) is 7.52. The van der Waals surface area contributed by atoms with Crippen LogP contribution in [0.3, 0.4) is 0 Å². The fourth-order valence-corrected chi connectivity index (χ4v) is 2.04. The molecule has 0 fully saturated rings. The number of hydrogen-bond acceptors (Lipinski definition) is 3. The summed E-state index contributed by atoms with van der Waals surface area (Å²) < 4.78 is 5.17. The molecule has 1 amide bonds. The van der Waals surface area contributed by atoms with E-state index in [4.69, 9.17) is 4.74 Å². The first kappa shape index (κ1) is 17.5. The first-order chi connectivity index (χ1) is 9.90. The molecule has 4 heteroatoms. The molecule has 1 unspecified atom stereocenters. The van der Waals surface area contributed by atoms with E-state index in [0.29, 0.717) is 6.54 Å². The molecule has 0 aliphatic rings. The summed E-state index contributed by atoms with van der Waals surface area (Å²) >= 11 is 0. The van der Waals surface area contributed by atoms with Gasteiger partial charge in [0.05, 0.1) is 0 Å². The molecule has 1 atom stereocenters. The van der Waals surface area contributed by atoms with Crippen LogP contribution in [0.4, 0.5) is 4.79 Å². The third-order valence-corrected chi connectivity index (χ3v) is 3.11. The summed E-state index contributed by atoms with van der Waals surface area (Å²) in [6.07, 6.45) is 2.43. The van der Waals surface area contributed by atoms with Crippen LogP contribution in [-0.2, 0) is 11.2 Å². The number of rotatable bonds is 7. The largest absolute Gasteiger partial charge is 0.444 e. The zero-order valence-corrected chi connectivity index (χ0v) is 13.3. The monoisotopic (exact) mass is 293 g/mol. The maximum atomic E-state index is 11.6. The number of ether oxygens (including phenoxy) is 1. The van der Waals surface area contributed by atoms with Gasteiger partial charge >= 0.3 is 6.09 Å². The zero-order chi connectivity index (χ0) is 15.7. The highest BCUT2D eigenvalue weighted by Gasteiger charge is 2.17. The van der Waals surface area contributed by atoms with Gasteiger partial charge in [0.1, 0.15) is 5.60 Å². The Morgan fingerprint density at radius 3 is 2.52 bits per heavy atom. The van der Waals surface area contributed by atoms with Crippen molar-refractivity contribution in [2.24, 2.45) is 5.92 Å². The van der Waals surface area contributed by atoms with Crippen LogP contribution in [-0.4, -0.2) is 30.0 Å². The number of aliphatic hydroxyl groups is 1. The summed E-state index contributed by atoms with van der Waals surface area (Å²) in [7, 11) is 0. The number of amides is 1. The number of aliphatic hydroxyl groups excluding tert-OH is 1. The van der Waals surface area contributed by atoms with Crippen LogP contribution in [0.5, 0.6) is 0 Å². The van der Waals surface area contributed by atoms with Gasteiger partial charge in [0, 0.05) is 13.2 Å². The number of benzene rings is 1. The number of aryl methyl sites for hydroxylation is 1. The van der Waals surface area contributed by atoms with Gasteiger partial charge in [-0.05, 0) is 51.5 Å². The molecule has 4 nitrogen and oxygen atoms in total. The van der Waals surface area contributed by atoms with E-state index in [2.05, 4.69) is 17.4 Å². The molecule has 0 aliphatic carbocycles. The molecule has 0 saturated heterocycles. The highest BCUT2D eigenvalue weighted by molar-refractivity contribution is 5.67. The molecule has 118 valence electrons. The van der Waals surface area contributed by atoms with Crippen molar-refractivity contribution in [3.8, 4) is 0 Å². The average Bonchev–Trinajstić information content (AvgIpc) is 2.42. The van der Waals surface area contributed by atoms with Gasteiger partial charge in [-0.1, -0.05) is 30.3 Å². The Balaban J connectivity index is 2.24. The molecule has 0 radical (unpaired) electrons. The van der Waals surface area contributed by atoms with Crippen LogP contribution in [0.2, 0.25) is 0 Å². The lowest BCUT2D eigenvalue weighted by Gasteiger charge is -2.21. The van der Waals surface area contributed by atoms with Gasteiger partial charge in [0.15, 0.2) is 0 Å². The van der Waals surface area contributed by atoms with Crippen LogP contribution in [0.15, 0.2) is 30.3 Å². The summed E-state index contributed by atoms with van der Waals surface area (Å²) in [6, 6.07) is 10.3. The Morgan fingerprint density at radius 2 is 1.95 bits per heavy atom. The standard InChI is InChI=1S/C17H27NO3/c1-17(2,3)21-16(20)18-12-15(13-19)11-7-10-14-8-5-4-6-9-14/h4-6,8-9,15,19H,7,10-13H2,1-3H3,(H,18,20). The van der Waals surface area contributed by atoms with Gasteiger partial charge in [0.25, 0.3) is 0 Å². The number of carbonyl (C=O) groups excluding carboxylic acids is 1. The van der Waals surface area contributed by atoms with Crippen molar-refractivity contribution in [2.45, 2.75) is 45.6 Å². The van der Waals surface area contributed by atoms with E-state index < -0.39 is 11.7 Å². The molecule has 0 saturated carbocycles. The maximum Gasteiger partial charge on any atom is 0.407 e. The summed E-state index contributed by atoms with van der Waals surface area (Å²) in [5.41, 5.74) is 0.806. The number of carbonyl (C=O) groups is 1. The van der Waals surface area contributed by atoms with Crippen molar-refractivity contribution in [1.82, 2.24) is 5.32 Å². The Labute approximate surface area is 127 Å². The summed E-state index contributed by atoms with van der Waals surface area (Å²) in [4.78, 5) is 11.6. The Morgan fingerprint density at radius 1 is 1.29 bits per heavy atom. The molecule has 1 aromatic rings. The number of alkyl carbamates (subject to hydrolysis) is 1. The molecule has 1 aromatic carbocycles. The number of nitrogens with one attached hydrogen (secondary N) is 1. The first-order valence-electron chi connectivity index (χ1n) is 7.52. The lowest BCUT2D eigenvalue weighted by atomic mass is 10.00. The normalized spacial score (nSPS) is 12.8. The minimum atomic E-state index is -0.494. The van der Waals surface area contributed by atoms with Gasteiger partial charge in [-0.25, -0.2) is 4.79 Å². The molecular formula is C17H27NO3. The summed E-state index contributed by atoms with van der Waals surface area (Å²) in [6.45, 7) is 6.01. The second kappa shape index (κ2) is 8.67. The minimum absolute atomic E-state index is 0.0706.